The maximum atomic E-state index is 12.4. The molecule has 6 rings (SSSR count). The van der Waals surface area contributed by atoms with Crippen LogP contribution in [0.4, 0.5) is 5.82 Å². The monoisotopic (exact) mass is 603 g/mol. The van der Waals surface area contributed by atoms with Crippen LogP contribution in [0.5, 0.6) is 11.5 Å². The number of nitrogens with zero attached hydrogens (tertiary/aromatic N) is 3. The van der Waals surface area contributed by atoms with Gasteiger partial charge in [0.05, 0.1) is 17.2 Å². The van der Waals surface area contributed by atoms with E-state index in [1.54, 1.807) is 6.07 Å². The molecule has 1 aromatic heterocycles. The van der Waals surface area contributed by atoms with Gasteiger partial charge in [-0.25, -0.2) is 4.98 Å². The number of nitrogens with two attached hydrogens (primary N) is 1. The molecule has 1 unspecified atom stereocenters. The lowest BCUT2D eigenvalue weighted by Crippen LogP contribution is -2.43. The average Bonchev–Trinajstić information content (AvgIpc) is 3.05. The molecule has 0 spiro atoms. The van der Waals surface area contributed by atoms with E-state index in [2.05, 4.69) is 34.3 Å². The number of piperidine rings is 2. The summed E-state index contributed by atoms with van der Waals surface area (Å²) in [4.78, 5) is 45.8. The van der Waals surface area contributed by atoms with Gasteiger partial charge < -0.3 is 15.4 Å². The fraction of sp³-hybridized carbons (Fsp3) is 0.278. The minimum Gasteiger partial charge on any atom is -0.457 e. The van der Waals surface area contributed by atoms with Crippen molar-refractivity contribution in [2.24, 2.45) is 5.73 Å². The number of amides is 3. The Hall–Kier alpha value is -5.02. The molecule has 4 aromatic rings. The van der Waals surface area contributed by atoms with Crippen LogP contribution in [0.25, 0.3) is 11.3 Å². The van der Waals surface area contributed by atoms with Gasteiger partial charge >= 0.3 is 0 Å². The lowest BCUT2D eigenvalue weighted by molar-refractivity contribution is -0.134. The lowest BCUT2D eigenvalue weighted by Gasteiger charge is -2.37. The van der Waals surface area contributed by atoms with Crippen molar-refractivity contribution in [2.45, 2.75) is 44.2 Å². The van der Waals surface area contributed by atoms with E-state index in [9.17, 15) is 14.4 Å². The molecule has 230 valence electrons. The van der Waals surface area contributed by atoms with Crippen molar-refractivity contribution in [2.75, 3.05) is 25.0 Å². The molecule has 9 heteroatoms. The molecule has 1 atom stereocenters. The quantitative estimate of drug-likeness (QED) is 0.251. The maximum Gasteiger partial charge on any atom is 0.250 e. The number of nitrogens with one attached hydrogen (secondary N) is 1. The molecule has 9 nitrogen and oxygen atoms in total. The van der Waals surface area contributed by atoms with Gasteiger partial charge in [-0.05, 0) is 86.0 Å². The zero-order valence-electron chi connectivity index (χ0n) is 25.3. The fourth-order valence-corrected chi connectivity index (χ4v) is 6.22. The highest BCUT2D eigenvalue weighted by Gasteiger charge is 2.29. The Labute approximate surface area is 263 Å². The van der Waals surface area contributed by atoms with E-state index >= 15 is 0 Å². The number of rotatable bonds is 9. The second kappa shape index (κ2) is 13.3. The molecule has 2 aliphatic heterocycles. The molecule has 3 aromatic carbocycles. The third-order valence-electron chi connectivity index (χ3n) is 8.69. The Morgan fingerprint density at radius 1 is 0.933 bits per heavy atom. The number of aromatic nitrogens is 1. The smallest absolute Gasteiger partial charge is 0.250 e. The van der Waals surface area contributed by atoms with Crippen molar-refractivity contribution in [3.63, 3.8) is 0 Å². The molecule has 0 aliphatic carbocycles. The molecular formula is C36H37N5O4. The number of pyridine rings is 1. The predicted molar refractivity (Wildman–Crippen MR) is 173 cm³/mol. The van der Waals surface area contributed by atoms with Gasteiger partial charge in [-0.2, -0.15) is 0 Å². The van der Waals surface area contributed by atoms with Crippen LogP contribution in [0.2, 0.25) is 0 Å². The molecule has 3 heterocycles. The number of ether oxygens (including phenoxy) is 1. The predicted octanol–water partition coefficient (Wildman–Crippen LogP) is 5.26. The Morgan fingerprint density at radius 3 is 2.38 bits per heavy atom. The molecule has 0 radical (unpaired) electrons. The number of anilines is 1. The Bertz CT molecular complexity index is 1680. The summed E-state index contributed by atoms with van der Waals surface area (Å²) in [5.74, 6) is 1.05. The van der Waals surface area contributed by atoms with Gasteiger partial charge in [0.25, 0.3) is 5.91 Å². The van der Waals surface area contributed by atoms with E-state index in [1.165, 1.54) is 0 Å². The lowest BCUT2D eigenvalue weighted by atomic mass is 9.89. The Morgan fingerprint density at radius 2 is 1.67 bits per heavy atom. The Kier molecular flexibility index (Phi) is 8.89. The summed E-state index contributed by atoms with van der Waals surface area (Å²) >= 11 is 0. The van der Waals surface area contributed by atoms with Crippen LogP contribution in [-0.4, -0.2) is 53.8 Å². The van der Waals surface area contributed by atoms with Gasteiger partial charge in [0.1, 0.15) is 17.3 Å². The number of benzene rings is 3. The van der Waals surface area contributed by atoms with Crippen molar-refractivity contribution in [3.8, 4) is 22.8 Å². The van der Waals surface area contributed by atoms with Crippen molar-refractivity contribution in [1.82, 2.24) is 15.2 Å². The number of carbonyl (C=O) groups is 3. The first-order chi connectivity index (χ1) is 21.8. The zero-order valence-corrected chi connectivity index (χ0v) is 25.3. The molecular weight excluding hydrogens is 566 g/mol. The second-order valence-electron chi connectivity index (χ2n) is 11.8. The average molecular weight is 604 g/mol. The standard InChI is InChI=1S/C36H37N5O4/c1-40(23-24-6-5-7-26(22-24)30-15-17-33(42)39-36(30)44)27-18-20-41(21-19-27)32-16-14-31(35(37)43)34(38-32)25-10-12-29(13-11-25)45-28-8-3-2-4-9-28/h2-14,16,22,27,30H,15,17-21,23H2,1H3,(H2,37,43)(H,39,42,44). The summed E-state index contributed by atoms with van der Waals surface area (Å²) in [7, 11) is 2.14. The summed E-state index contributed by atoms with van der Waals surface area (Å²) in [6.45, 7) is 2.43. The highest BCUT2D eigenvalue weighted by molar-refractivity contribution is 6.01. The fourth-order valence-electron chi connectivity index (χ4n) is 6.22. The summed E-state index contributed by atoms with van der Waals surface area (Å²) < 4.78 is 5.92. The largest absolute Gasteiger partial charge is 0.457 e. The van der Waals surface area contributed by atoms with E-state index in [-0.39, 0.29) is 17.7 Å². The number of primary amides is 1. The van der Waals surface area contributed by atoms with Gasteiger partial charge in [-0.3, -0.25) is 24.6 Å². The van der Waals surface area contributed by atoms with Gasteiger partial charge in [0.2, 0.25) is 11.8 Å². The third-order valence-corrected chi connectivity index (χ3v) is 8.69. The van der Waals surface area contributed by atoms with Crippen LogP contribution >= 0.6 is 0 Å². The second-order valence-corrected chi connectivity index (χ2v) is 11.8. The van der Waals surface area contributed by atoms with Crippen LogP contribution in [0, 0.1) is 0 Å². The van der Waals surface area contributed by atoms with Gasteiger partial charge in [0.15, 0.2) is 0 Å². The number of carbonyl (C=O) groups excluding carboxylic acids is 3. The third kappa shape index (κ3) is 7.05. The highest BCUT2D eigenvalue weighted by Crippen LogP contribution is 2.31. The van der Waals surface area contributed by atoms with Crippen molar-refractivity contribution in [3.05, 3.63) is 108 Å². The van der Waals surface area contributed by atoms with Crippen LogP contribution in [0.15, 0.2) is 91.0 Å². The highest BCUT2D eigenvalue weighted by atomic mass is 16.5. The number of hydrogen-bond acceptors (Lipinski definition) is 7. The molecule has 3 amide bonds. The van der Waals surface area contributed by atoms with Crippen LogP contribution < -0.4 is 20.7 Å². The Balaban J connectivity index is 1.10. The summed E-state index contributed by atoms with van der Waals surface area (Å²) in [5, 5.41) is 2.46. The molecule has 2 fully saturated rings. The normalized spacial score (nSPS) is 17.3. The molecule has 2 aliphatic rings. The van der Waals surface area contributed by atoms with E-state index in [0.29, 0.717) is 35.9 Å². The van der Waals surface area contributed by atoms with Gasteiger partial charge in [-0.15, -0.1) is 0 Å². The molecule has 3 N–H and O–H groups in total. The topological polar surface area (TPSA) is 118 Å². The molecule has 0 saturated carbocycles. The minimum absolute atomic E-state index is 0.197. The minimum atomic E-state index is -0.518. The zero-order chi connectivity index (χ0) is 31.3. The van der Waals surface area contributed by atoms with Crippen LogP contribution in [0.1, 0.15) is 53.1 Å². The van der Waals surface area contributed by atoms with E-state index < -0.39 is 5.91 Å². The van der Waals surface area contributed by atoms with Crippen molar-refractivity contribution >= 4 is 23.5 Å². The number of imide groups is 1. The first kappa shape index (κ1) is 30.0. The molecule has 2 saturated heterocycles. The van der Waals surface area contributed by atoms with E-state index in [1.807, 2.05) is 72.8 Å². The molecule has 45 heavy (non-hydrogen) atoms. The van der Waals surface area contributed by atoms with Gasteiger partial charge in [-0.1, -0.05) is 42.5 Å². The van der Waals surface area contributed by atoms with Crippen LogP contribution in [-0.2, 0) is 16.1 Å². The van der Waals surface area contributed by atoms with Crippen molar-refractivity contribution < 1.29 is 19.1 Å². The van der Waals surface area contributed by atoms with E-state index in [4.69, 9.17) is 15.5 Å². The summed E-state index contributed by atoms with van der Waals surface area (Å²) in [6, 6.07) is 29.3. The SMILES string of the molecule is CN(Cc1cccc(C2CCC(=O)NC2=O)c1)C1CCN(c2ccc(C(N)=O)c(-c3ccc(Oc4ccccc4)cc3)n2)CC1. The van der Waals surface area contributed by atoms with Crippen molar-refractivity contribution in [1.29, 1.82) is 0 Å². The number of hydrogen-bond donors (Lipinski definition) is 2. The first-order valence-corrected chi connectivity index (χ1v) is 15.4. The van der Waals surface area contributed by atoms with Crippen LogP contribution in [0.3, 0.4) is 0 Å². The summed E-state index contributed by atoms with van der Waals surface area (Å²) in [5.41, 5.74) is 9.57. The maximum absolute atomic E-state index is 12.4. The van der Waals surface area contributed by atoms with Gasteiger partial charge in [0, 0.05) is 37.7 Å². The molecule has 0 bridgehead atoms. The first-order valence-electron chi connectivity index (χ1n) is 15.4. The van der Waals surface area contributed by atoms with E-state index in [0.717, 1.165) is 60.7 Å². The number of para-hydroxylation sites is 1. The summed E-state index contributed by atoms with van der Waals surface area (Å²) in [6.07, 6.45) is 2.84.